The van der Waals surface area contributed by atoms with Crippen molar-refractivity contribution in [1.29, 1.82) is 0 Å². The summed E-state index contributed by atoms with van der Waals surface area (Å²) in [6.45, 7) is 1.83. The van der Waals surface area contributed by atoms with Crippen molar-refractivity contribution < 1.29 is 13.3 Å². The maximum atomic E-state index is 14.0. The Morgan fingerprint density at radius 1 is 1.00 bits per heavy atom. The number of halogens is 3. The van der Waals surface area contributed by atoms with Crippen LogP contribution in [0.1, 0.15) is 24.4 Å². The molecule has 0 saturated carbocycles. The van der Waals surface area contributed by atoms with Crippen LogP contribution in [0.5, 0.6) is 0 Å². The van der Waals surface area contributed by atoms with Crippen LogP contribution in [-0.4, -0.2) is 15.3 Å². The molecule has 0 aliphatic carbocycles. The maximum absolute atomic E-state index is 14.0. The van der Waals surface area contributed by atoms with Crippen LogP contribution in [0.4, 0.5) is 14.5 Å². The molecule has 0 fully saturated rings. The van der Waals surface area contributed by atoms with Gasteiger partial charge in [-0.3, -0.25) is 4.90 Å². The lowest BCUT2D eigenvalue weighted by Gasteiger charge is -2.37. The van der Waals surface area contributed by atoms with Crippen molar-refractivity contribution in [3.05, 3.63) is 107 Å². The third kappa shape index (κ3) is 4.06. The molecule has 0 spiro atoms. The first kappa shape index (κ1) is 22.2. The van der Waals surface area contributed by atoms with E-state index < -0.39 is 17.7 Å². The zero-order chi connectivity index (χ0) is 23.8. The molecule has 1 aliphatic heterocycles. The largest absolute Gasteiger partial charge is 0.351 e. The molecule has 5 rings (SSSR count). The predicted octanol–water partition coefficient (Wildman–Crippen LogP) is 6.54. The Labute approximate surface area is 204 Å². The van der Waals surface area contributed by atoms with Crippen molar-refractivity contribution in [2.75, 3.05) is 4.90 Å². The minimum absolute atomic E-state index is 0.277. The summed E-state index contributed by atoms with van der Waals surface area (Å²) in [5.74, 6) is -1.24. The average molecular weight is 495 g/mol. The van der Waals surface area contributed by atoms with Gasteiger partial charge in [-0.1, -0.05) is 47.1 Å². The molecule has 1 unspecified atom stereocenters. The first-order valence-electron chi connectivity index (χ1n) is 10.3. The highest BCUT2D eigenvalue weighted by Gasteiger charge is 2.35. The Kier molecular flexibility index (Phi) is 5.85. The zero-order valence-corrected chi connectivity index (χ0v) is 19.4. The van der Waals surface area contributed by atoms with E-state index in [1.165, 1.54) is 6.07 Å². The molecule has 0 saturated heterocycles. The van der Waals surface area contributed by atoms with E-state index in [1.807, 2.05) is 37.3 Å². The number of thiocarbonyl (C=S) groups is 1. The van der Waals surface area contributed by atoms with Gasteiger partial charge in [0.2, 0.25) is 5.82 Å². The van der Waals surface area contributed by atoms with Gasteiger partial charge < -0.3 is 9.84 Å². The molecule has 34 heavy (non-hydrogen) atoms. The highest BCUT2D eigenvalue weighted by molar-refractivity contribution is 7.80. The zero-order valence-electron chi connectivity index (χ0n) is 17.8. The number of allylic oxidation sites excluding steroid dienone is 1. The van der Waals surface area contributed by atoms with Crippen LogP contribution >= 0.6 is 23.8 Å². The van der Waals surface area contributed by atoms with Gasteiger partial charge in [0.05, 0.1) is 17.3 Å². The quantitative estimate of drug-likeness (QED) is 0.325. The van der Waals surface area contributed by atoms with Crippen LogP contribution in [0.15, 0.2) is 83.0 Å². The number of nitrogens with zero attached hydrogens (tertiary/aromatic N) is 3. The highest BCUT2D eigenvalue weighted by Crippen LogP contribution is 2.39. The third-order valence-corrected chi connectivity index (χ3v) is 6.09. The van der Waals surface area contributed by atoms with E-state index in [2.05, 4.69) is 15.5 Å². The number of anilines is 1. The molecule has 4 aromatic rings. The number of aromatic nitrogens is 2. The molecule has 0 amide bonds. The molecule has 0 radical (unpaired) electrons. The van der Waals surface area contributed by atoms with Gasteiger partial charge in [0.1, 0.15) is 0 Å². The molecule has 1 atom stereocenters. The Hall–Kier alpha value is -3.62. The van der Waals surface area contributed by atoms with Crippen molar-refractivity contribution in [2.24, 2.45) is 0 Å². The smallest absolute Gasteiger partial charge is 0.258 e. The van der Waals surface area contributed by atoms with Gasteiger partial charge in [0.25, 0.3) is 5.89 Å². The molecule has 5 nitrogen and oxygen atoms in total. The molecule has 170 valence electrons. The highest BCUT2D eigenvalue weighted by atomic mass is 35.5. The monoisotopic (exact) mass is 494 g/mol. The first-order valence-corrected chi connectivity index (χ1v) is 11.1. The average Bonchev–Trinajstić information content (AvgIpc) is 3.31. The SMILES string of the molecule is CC1=C(c2nc(-c3ccc(Cl)cc3)no2)C(c2ccccc2)NC(=S)N1c1ccc(F)c(F)c1. The minimum Gasteiger partial charge on any atom is -0.351 e. The number of benzene rings is 3. The molecule has 9 heteroatoms. The van der Waals surface area contributed by atoms with Crippen LogP contribution in [0.3, 0.4) is 0 Å². The van der Waals surface area contributed by atoms with Gasteiger partial charge >= 0.3 is 0 Å². The van der Waals surface area contributed by atoms with Crippen molar-refractivity contribution >= 4 is 40.2 Å². The van der Waals surface area contributed by atoms with Crippen LogP contribution < -0.4 is 10.2 Å². The van der Waals surface area contributed by atoms with Crippen molar-refractivity contribution in [2.45, 2.75) is 13.0 Å². The number of nitrogens with one attached hydrogen (secondary N) is 1. The Morgan fingerprint density at radius 3 is 2.44 bits per heavy atom. The number of rotatable bonds is 4. The standard InChI is InChI=1S/C25H17ClF2N4OS/c1-14-21(24-30-23(31-33-24)16-7-9-17(26)10-8-16)22(15-5-3-2-4-6-15)29-25(34)32(14)18-11-12-19(27)20(28)13-18/h2-13,22H,1H3,(H,29,34). The van der Waals surface area contributed by atoms with Crippen LogP contribution in [-0.2, 0) is 0 Å². The van der Waals surface area contributed by atoms with E-state index in [9.17, 15) is 8.78 Å². The van der Waals surface area contributed by atoms with Crippen LogP contribution in [0, 0.1) is 11.6 Å². The van der Waals surface area contributed by atoms with Crippen molar-refractivity contribution in [3.8, 4) is 11.4 Å². The summed E-state index contributed by atoms with van der Waals surface area (Å²) in [6, 6.07) is 20.0. The fourth-order valence-corrected chi connectivity index (χ4v) is 4.39. The van der Waals surface area contributed by atoms with Gasteiger partial charge in [0.15, 0.2) is 16.7 Å². The van der Waals surface area contributed by atoms with Gasteiger partial charge in [-0.05, 0) is 61.1 Å². The molecule has 3 aromatic carbocycles. The summed E-state index contributed by atoms with van der Waals surface area (Å²) in [5.41, 5.74) is 3.35. The van der Waals surface area contributed by atoms with E-state index in [0.29, 0.717) is 32.9 Å². The van der Waals surface area contributed by atoms with E-state index in [1.54, 1.807) is 29.2 Å². The number of hydrogen-bond donors (Lipinski definition) is 1. The lowest BCUT2D eigenvalue weighted by Crippen LogP contribution is -2.46. The summed E-state index contributed by atoms with van der Waals surface area (Å²) in [4.78, 5) is 6.25. The summed E-state index contributed by atoms with van der Waals surface area (Å²) in [5, 5.41) is 8.36. The Balaban J connectivity index is 1.65. The van der Waals surface area contributed by atoms with E-state index in [-0.39, 0.29) is 5.89 Å². The summed E-state index contributed by atoms with van der Waals surface area (Å²) in [7, 11) is 0. The van der Waals surface area contributed by atoms with Crippen LogP contribution in [0.25, 0.3) is 17.0 Å². The maximum Gasteiger partial charge on any atom is 0.258 e. The summed E-state index contributed by atoms with van der Waals surface area (Å²) in [6.07, 6.45) is 0. The van der Waals surface area contributed by atoms with Crippen LogP contribution in [0.2, 0.25) is 5.02 Å². The number of hydrogen-bond acceptors (Lipinski definition) is 4. The normalized spacial score (nSPS) is 16.1. The summed E-state index contributed by atoms with van der Waals surface area (Å²) < 4.78 is 33.3. The molecular formula is C25H17ClF2N4OS. The second kappa shape index (κ2) is 8.96. The Morgan fingerprint density at radius 2 is 1.74 bits per heavy atom. The lowest BCUT2D eigenvalue weighted by atomic mass is 9.94. The summed E-state index contributed by atoms with van der Waals surface area (Å²) >= 11 is 11.6. The molecule has 1 aliphatic rings. The minimum atomic E-state index is -0.970. The van der Waals surface area contributed by atoms with Crippen molar-refractivity contribution in [3.63, 3.8) is 0 Å². The van der Waals surface area contributed by atoms with Crippen molar-refractivity contribution in [1.82, 2.24) is 15.5 Å². The van der Waals surface area contributed by atoms with Gasteiger partial charge in [-0.15, -0.1) is 0 Å². The molecule has 1 aromatic heterocycles. The fourth-order valence-electron chi connectivity index (χ4n) is 3.90. The molecular weight excluding hydrogens is 478 g/mol. The van der Waals surface area contributed by atoms with Gasteiger partial charge in [0, 0.05) is 22.3 Å². The molecule has 0 bridgehead atoms. The van der Waals surface area contributed by atoms with Gasteiger partial charge in [-0.2, -0.15) is 4.98 Å². The van der Waals surface area contributed by atoms with E-state index in [4.69, 9.17) is 28.3 Å². The predicted molar refractivity (Wildman–Crippen MR) is 131 cm³/mol. The molecule has 1 N–H and O–H groups in total. The third-order valence-electron chi connectivity index (χ3n) is 5.54. The fraction of sp³-hybridized carbons (Fsp3) is 0.0800. The van der Waals surface area contributed by atoms with Gasteiger partial charge in [-0.25, -0.2) is 8.78 Å². The topological polar surface area (TPSA) is 54.2 Å². The lowest BCUT2D eigenvalue weighted by molar-refractivity contribution is 0.404. The molecule has 2 heterocycles. The second-order valence-corrected chi connectivity index (χ2v) is 8.48. The first-order chi connectivity index (χ1) is 16.4. The second-order valence-electron chi connectivity index (χ2n) is 7.66. The Bertz CT molecular complexity index is 1410. The van der Waals surface area contributed by atoms with E-state index in [0.717, 1.165) is 23.3 Å². The van der Waals surface area contributed by atoms with E-state index >= 15 is 0 Å².